The van der Waals surface area contributed by atoms with E-state index in [1.54, 1.807) is 12.3 Å². The molecule has 3 aromatic carbocycles. The van der Waals surface area contributed by atoms with Gasteiger partial charge < -0.3 is 10.1 Å². The number of aryl methyl sites for hydroxylation is 1. The number of anilines is 1. The van der Waals surface area contributed by atoms with E-state index in [0.29, 0.717) is 27.4 Å². The quantitative estimate of drug-likeness (QED) is 0.252. The van der Waals surface area contributed by atoms with Crippen LogP contribution in [0.1, 0.15) is 11.4 Å². The molecule has 5 aromatic rings. The summed E-state index contributed by atoms with van der Waals surface area (Å²) in [5, 5.41) is 13.8. The van der Waals surface area contributed by atoms with Crippen molar-refractivity contribution in [1.82, 2.24) is 19.7 Å². The van der Waals surface area contributed by atoms with Gasteiger partial charge in [-0.3, -0.25) is 14.3 Å². The van der Waals surface area contributed by atoms with Gasteiger partial charge in [0.25, 0.3) is 0 Å². The normalized spacial score (nSPS) is 10.9. The molecule has 0 spiro atoms. The number of benzene rings is 3. The number of halogens is 1. The van der Waals surface area contributed by atoms with Crippen LogP contribution in [0.4, 0.5) is 5.69 Å². The topological polar surface area (TPSA) is 81.9 Å². The summed E-state index contributed by atoms with van der Waals surface area (Å²) in [5.74, 6) is 1.27. The fourth-order valence-electron chi connectivity index (χ4n) is 3.66. The smallest absolute Gasteiger partial charge is 0.234 e. The number of rotatable bonds is 8. The van der Waals surface area contributed by atoms with E-state index in [1.165, 1.54) is 11.8 Å². The number of thioether (sulfide) groups is 1. The van der Waals surface area contributed by atoms with Gasteiger partial charge in [0.15, 0.2) is 11.0 Å². The lowest BCUT2D eigenvalue weighted by atomic mass is 10.2. The van der Waals surface area contributed by atoms with Gasteiger partial charge in [0.05, 0.1) is 5.75 Å². The maximum atomic E-state index is 12.6. The summed E-state index contributed by atoms with van der Waals surface area (Å²) < 4.78 is 8.02. The molecule has 2 aromatic heterocycles. The lowest BCUT2D eigenvalue weighted by molar-refractivity contribution is -0.113. The van der Waals surface area contributed by atoms with E-state index in [9.17, 15) is 4.79 Å². The van der Waals surface area contributed by atoms with Gasteiger partial charge in [-0.1, -0.05) is 65.8 Å². The minimum Gasteiger partial charge on any atom is -0.483 e. The third-order valence-corrected chi connectivity index (χ3v) is 6.79. The lowest BCUT2D eigenvalue weighted by Gasteiger charge is -2.12. The van der Waals surface area contributed by atoms with E-state index in [0.717, 1.165) is 22.2 Å². The molecule has 0 bridgehead atoms. The Kier molecular flexibility index (Phi) is 7.16. The summed E-state index contributed by atoms with van der Waals surface area (Å²) in [7, 11) is 0. The summed E-state index contributed by atoms with van der Waals surface area (Å²) in [6, 6.07) is 24.9. The molecule has 0 aliphatic rings. The standard InChI is InChI=1S/C27H22ClN5O2S/c1-18-12-13-20(15-22(18)28)30-25(34)17-36-27-32-31-24(33(27)21-9-3-2-4-10-21)16-35-23-11-5-7-19-8-6-14-29-26(19)23/h2-15H,16-17H2,1H3,(H,30,34). The number of carbonyl (C=O) groups excluding carboxylic acids is 1. The van der Waals surface area contributed by atoms with Crippen molar-refractivity contribution >= 4 is 45.9 Å². The Morgan fingerprint density at radius 1 is 1.03 bits per heavy atom. The van der Waals surface area contributed by atoms with Crippen molar-refractivity contribution in [2.24, 2.45) is 0 Å². The first-order valence-electron chi connectivity index (χ1n) is 11.2. The molecule has 0 unspecified atom stereocenters. The van der Waals surface area contributed by atoms with Crippen LogP contribution < -0.4 is 10.1 Å². The zero-order valence-corrected chi connectivity index (χ0v) is 21.0. The molecule has 0 aliphatic heterocycles. The maximum absolute atomic E-state index is 12.6. The zero-order chi connectivity index (χ0) is 24.9. The Hall–Kier alpha value is -3.88. The third-order valence-electron chi connectivity index (χ3n) is 5.46. The zero-order valence-electron chi connectivity index (χ0n) is 19.4. The first-order valence-corrected chi connectivity index (χ1v) is 12.6. The number of para-hydroxylation sites is 2. The molecule has 0 saturated carbocycles. The highest BCUT2D eigenvalue weighted by Crippen LogP contribution is 2.27. The number of fused-ring (bicyclic) bond motifs is 1. The van der Waals surface area contributed by atoms with Crippen molar-refractivity contribution in [1.29, 1.82) is 0 Å². The van der Waals surface area contributed by atoms with Gasteiger partial charge in [-0.15, -0.1) is 10.2 Å². The first-order chi connectivity index (χ1) is 17.6. The molecule has 0 aliphatic carbocycles. The van der Waals surface area contributed by atoms with Crippen LogP contribution in [0.15, 0.2) is 90.2 Å². The molecule has 180 valence electrons. The molecule has 1 amide bonds. The highest BCUT2D eigenvalue weighted by molar-refractivity contribution is 7.99. The van der Waals surface area contributed by atoms with Gasteiger partial charge in [0, 0.05) is 28.0 Å². The van der Waals surface area contributed by atoms with E-state index in [1.807, 2.05) is 84.3 Å². The Morgan fingerprint density at radius 2 is 1.86 bits per heavy atom. The SMILES string of the molecule is Cc1ccc(NC(=O)CSc2nnc(COc3cccc4cccnc34)n2-c2ccccc2)cc1Cl. The fraction of sp³-hybridized carbons (Fsp3) is 0.111. The van der Waals surface area contributed by atoms with E-state index >= 15 is 0 Å². The summed E-state index contributed by atoms with van der Waals surface area (Å²) in [4.78, 5) is 17.1. The van der Waals surface area contributed by atoms with Crippen molar-refractivity contribution < 1.29 is 9.53 Å². The Morgan fingerprint density at radius 3 is 2.69 bits per heavy atom. The number of aromatic nitrogens is 4. The van der Waals surface area contributed by atoms with E-state index in [4.69, 9.17) is 16.3 Å². The van der Waals surface area contributed by atoms with Crippen molar-refractivity contribution in [3.8, 4) is 11.4 Å². The second-order valence-electron chi connectivity index (χ2n) is 7.99. The number of carbonyl (C=O) groups is 1. The monoisotopic (exact) mass is 515 g/mol. The summed E-state index contributed by atoms with van der Waals surface area (Å²) in [6.07, 6.45) is 1.74. The van der Waals surface area contributed by atoms with Crippen LogP contribution in [0, 0.1) is 6.92 Å². The van der Waals surface area contributed by atoms with Crippen LogP contribution in [0.25, 0.3) is 16.6 Å². The van der Waals surface area contributed by atoms with Crippen LogP contribution in [-0.2, 0) is 11.4 Å². The van der Waals surface area contributed by atoms with E-state index in [-0.39, 0.29) is 18.3 Å². The predicted octanol–water partition coefficient (Wildman–Crippen LogP) is 6.09. The maximum Gasteiger partial charge on any atom is 0.234 e. The number of ether oxygens (including phenoxy) is 1. The largest absolute Gasteiger partial charge is 0.483 e. The number of hydrogen-bond acceptors (Lipinski definition) is 6. The number of nitrogens with zero attached hydrogens (tertiary/aromatic N) is 4. The van der Waals surface area contributed by atoms with Crippen LogP contribution >= 0.6 is 23.4 Å². The fourth-order valence-corrected chi connectivity index (χ4v) is 4.61. The van der Waals surface area contributed by atoms with E-state index in [2.05, 4.69) is 20.5 Å². The highest BCUT2D eigenvalue weighted by atomic mass is 35.5. The number of amides is 1. The van der Waals surface area contributed by atoms with Crippen LogP contribution in [0.5, 0.6) is 5.75 Å². The Balaban J connectivity index is 1.34. The molecule has 7 nitrogen and oxygen atoms in total. The van der Waals surface area contributed by atoms with Crippen molar-refractivity contribution in [3.63, 3.8) is 0 Å². The van der Waals surface area contributed by atoms with Gasteiger partial charge in [0.1, 0.15) is 17.9 Å². The average molecular weight is 516 g/mol. The van der Waals surface area contributed by atoms with E-state index < -0.39 is 0 Å². The summed E-state index contributed by atoms with van der Waals surface area (Å²) in [5.41, 5.74) is 3.27. The molecular formula is C27H22ClN5O2S. The van der Waals surface area contributed by atoms with Gasteiger partial charge in [0.2, 0.25) is 5.91 Å². The lowest BCUT2D eigenvalue weighted by Crippen LogP contribution is -2.15. The summed E-state index contributed by atoms with van der Waals surface area (Å²) in [6.45, 7) is 2.10. The molecule has 9 heteroatoms. The minimum atomic E-state index is -0.165. The average Bonchev–Trinajstić information content (AvgIpc) is 3.31. The molecule has 5 rings (SSSR count). The van der Waals surface area contributed by atoms with Gasteiger partial charge in [-0.25, -0.2) is 0 Å². The predicted molar refractivity (Wildman–Crippen MR) is 143 cm³/mol. The molecule has 36 heavy (non-hydrogen) atoms. The number of hydrogen-bond donors (Lipinski definition) is 1. The van der Waals surface area contributed by atoms with Crippen molar-refractivity contribution in [2.75, 3.05) is 11.1 Å². The second-order valence-corrected chi connectivity index (χ2v) is 9.34. The van der Waals surface area contributed by atoms with Gasteiger partial charge >= 0.3 is 0 Å². The highest BCUT2D eigenvalue weighted by Gasteiger charge is 2.17. The molecular weight excluding hydrogens is 494 g/mol. The molecule has 1 N–H and O–H groups in total. The van der Waals surface area contributed by atoms with Crippen molar-refractivity contribution in [3.05, 3.63) is 101 Å². The second kappa shape index (κ2) is 10.8. The third kappa shape index (κ3) is 5.35. The Bertz CT molecular complexity index is 1520. The minimum absolute atomic E-state index is 0.157. The van der Waals surface area contributed by atoms with Crippen LogP contribution in [-0.4, -0.2) is 31.4 Å². The molecule has 2 heterocycles. The summed E-state index contributed by atoms with van der Waals surface area (Å²) >= 11 is 7.47. The van der Waals surface area contributed by atoms with Gasteiger partial charge in [-0.05, 0) is 48.9 Å². The molecule has 0 atom stereocenters. The molecule has 0 saturated heterocycles. The molecule has 0 fully saturated rings. The number of nitrogens with one attached hydrogen (secondary N) is 1. The Labute approximate surface area is 217 Å². The van der Waals surface area contributed by atoms with Gasteiger partial charge in [-0.2, -0.15) is 0 Å². The van der Waals surface area contributed by atoms with Crippen LogP contribution in [0.3, 0.4) is 0 Å². The van der Waals surface area contributed by atoms with Crippen molar-refractivity contribution in [2.45, 2.75) is 18.7 Å². The number of pyridine rings is 1. The first kappa shape index (κ1) is 23.8. The van der Waals surface area contributed by atoms with Crippen LogP contribution in [0.2, 0.25) is 5.02 Å². The molecule has 0 radical (unpaired) electrons.